The Morgan fingerprint density at radius 3 is 3.00 bits per heavy atom. The molecule has 0 radical (unpaired) electrons. The van der Waals surface area contributed by atoms with Crippen LogP contribution in [0.4, 0.5) is 0 Å². The molecule has 1 aromatic carbocycles. The van der Waals surface area contributed by atoms with Crippen LogP contribution < -0.4 is 5.32 Å². The number of rotatable bonds is 6. The highest BCUT2D eigenvalue weighted by Gasteiger charge is 2.21. The highest BCUT2D eigenvalue weighted by Crippen LogP contribution is 2.19. The summed E-state index contributed by atoms with van der Waals surface area (Å²) in [5, 5.41) is 4.41. The van der Waals surface area contributed by atoms with Crippen LogP contribution in [-0.2, 0) is 6.54 Å². The van der Waals surface area contributed by atoms with Crippen molar-refractivity contribution in [1.82, 2.24) is 10.2 Å². The van der Waals surface area contributed by atoms with Crippen LogP contribution in [0.15, 0.2) is 24.3 Å². The third-order valence-electron chi connectivity index (χ3n) is 3.65. The Morgan fingerprint density at radius 2 is 2.26 bits per heavy atom. The Hall–Kier alpha value is -0.570. The molecule has 0 spiro atoms. The summed E-state index contributed by atoms with van der Waals surface area (Å²) in [6.07, 6.45) is 1.31. The molecular weight excluding hydrogens is 256 g/mol. The van der Waals surface area contributed by atoms with E-state index in [0.29, 0.717) is 0 Å². The van der Waals surface area contributed by atoms with E-state index in [1.165, 1.54) is 25.1 Å². The molecule has 1 aliphatic heterocycles. The summed E-state index contributed by atoms with van der Waals surface area (Å²) in [4.78, 5) is 2.54. The van der Waals surface area contributed by atoms with Gasteiger partial charge >= 0.3 is 0 Å². The monoisotopic (exact) mass is 280 g/mol. The minimum Gasteiger partial charge on any atom is -0.316 e. The fourth-order valence-corrected chi connectivity index (χ4v) is 2.91. The summed E-state index contributed by atoms with van der Waals surface area (Å²) in [7, 11) is 0. The molecule has 1 unspecified atom stereocenters. The summed E-state index contributed by atoms with van der Waals surface area (Å²) < 4.78 is 0. The van der Waals surface area contributed by atoms with E-state index in [9.17, 15) is 0 Å². The predicted octanol–water partition coefficient (Wildman–Crippen LogP) is 3.41. The SMILES string of the molecule is CC(C)CNCC1CCN(Cc2cccc(Cl)c2)C1. The van der Waals surface area contributed by atoms with Gasteiger partial charge in [-0.15, -0.1) is 0 Å². The molecular formula is C16H25ClN2. The second kappa shape index (κ2) is 7.28. The van der Waals surface area contributed by atoms with E-state index in [-0.39, 0.29) is 0 Å². The quantitative estimate of drug-likeness (QED) is 0.859. The smallest absolute Gasteiger partial charge is 0.0409 e. The lowest BCUT2D eigenvalue weighted by atomic mass is 10.1. The molecule has 0 aromatic heterocycles. The lowest BCUT2D eigenvalue weighted by Gasteiger charge is -2.17. The zero-order valence-electron chi connectivity index (χ0n) is 12.0. The van der Waals surface area contributed by atoms with Crippen LogP contribution in [0, 0.1) is 11.8 Å². The van der Waals surface area contributed by atoms with E-state index in [4.69, 9.17) is 11.6 Å². The van der Waals surface area contributed by atoms with Crippen molar-refractivity contribution in [2.24, 2.45) is 11.8 Å². The van der Waals surface area contributed by atoms with Crippen molar-refractivity contribution >= 4 is 11.6 Å². The Labute approximate surface area is 122 Å². The number of hydrogen-bond acceptors (Lipinski definition) is 2. The van der Waals surface area contributed by atoms with Crippen LogP contribution in [0.1, 0.15) is 25.8 Å². The average Bonchev–Trinajstić information content (AvgIpc) is 2.76. The number of halogens is 1. The van der Waals surface area contributed by atoms with Gasteiger partial charge in [-0.3, -0.25) is 4.90 Å². The summed E-state index contributed by atoms with van der Waals surface area (Å²) >= 11 is 6.03. The van der Waals surface area contributed by atoms with Gasteiger partial charge in [0.05, 0.1) is 0 Å². The number of nitrogens with one attached hydrogen (secondary N) is 1. The van der Waals surface area contributed by atoms with Crippen molar-refractivity contribution in [2.45, 2.75) is 26.8 Å². The van der Waals surface area contributed by atoms with E-state index < -0.39 is 0 Å². The molecule has 1 atom stereocenters. The number of benzene rings is 1. The first kappa shape index (κ1) is 14.8. The van der Waals surface area contributed by atoms with Crippen LogP contribution in [0.5, 0.6) is 0 Å². The van der Waals surface area contributed by atoms with Gasteiger partial charge in [-0.1, -0.05) is 37.6 Å². The fraction of sp³-hybridized carbons (Fsp3) is 0.625. The highest BCUT2D eigenvalue weighted by molar-refractivity contribution is 6.30. The summed E-state index contributed by atoms with van der Waals surface area (Å²) in [5.74, 6) is 1.54. The molecule has 1 fully saturated rings. The molecule has 0 bridgehead atoms. The van der Waals surface area contributed by atoms with E-state index >= 15 is 0 Å². The van der Waals surface area contributed by atoms with Gasteiger partial charge in [0.1, 0.15) is 0 Å². The van der Waals surface area contributed by atoms with Crippen molar-refractivity contribution < 1.29 is 0 Å². The zero-order chi connectivity index (χ0) is 13.7. The third-order valence-corrected chi connectivity index (χ3v) is 3.89. The van der Waals surface area contributed by atoms with Gasteiger partial charge in [0.2, 0.25) is 0 Å². The molecule has 0 aliphatic carbocycles. The maximum atomic E-state index is 6.03. The normalized spacial score (nSPS) is 20.3. The molecule has 1 aromatic rings. The zero-order valence-corrected chi connectivity index (χ0v) is 12.8. The van der Waals surface area contributed by atoms with Crippen molar-refractivity contribution in [3.8, 4) is 0 Å². The third kappa shape index (κ3) is 5.13. The molecule has 1 saturated heterocycles. The lowest BCUT2D eigenvalue weighted by Crippen LogP contribution is -2.28. The Kier molecular flexibility index (Phi) is 5.68. The largest absolute Gasteiger partial charge is 0.316 e. The van der Waals surface area contributed by atoms with Gasteiger partial charge in [-0.25, -0.2) is 0 Å². The molecule has 0 saturated carbocycles. The van der Waals surface area contributed by atoms with Crippen molar-refractivity contribution in [1.29, 1.82) is 0 Å². The van der Waals surface area contributed by atoms with Crippen molar-refractivity contribution in [3.63, 3.8) is 0 Å². The Morgan fingerprint density at radius 1 is 1.42 bits per heavy atom. The second-order valence-corrected chi connectivity index (χ2v) is 6.51. The van der Waals surface area contributed by atoms with Gasteiger partial charge < -0.3 is 5.32 Å². The summed E-state index contributed by atoms with van der Waals surface area (Å²) in [6, 6.07) is 8.21. The standard InChI is InChI=1S/C16H25ClN2/c1-13(2)9-18-10-15-6-7-19(12-15)11-14-4-3-5-16(17)8-14/h3-5,8,13,15,18H,6-7,9-12H2,1-2H3. The van der Waals surface area contributed by atoms with Crippen molar-refractivity contribution in [2.75, 3.05) is 26.2 Å². The van der Waals surface area contributed by atoms with E-state index in [1.807, 2.05) is 12.1 Å². The first-order valence-corrected chi connectivity index (χ1v) is 7.69. The molecule has 106 valence electrons. The maximum Gasteiger partial charge on any atom is 0.0409 e. The minimum absolute atomic E-state index is 0.740. The molecule has 3 heteroatoms. The molecule has 2 rings (SSSR count). The highest BCUT2D eigenvalue weighted by atomic mass is 35.5. The van der Waals surface area contributed by atoms with Crippen molar-refractivity contribution in [3.05, 3.63) is 34.9 Å². The Balaban J connectivity index is 1.73. The van der Waals surface area contributed by atoms with Gasteiger partial charge in [-0.2, -0.15) is 0 Å². The van der Waals surface area contributed by atoms with Crippen LogP contribution in [0.3, 0.4) is 0 Å². The van der Waals surface area contributed by atoms with Crippen LogP contribution in [-0.4, -0.2) is 31.1 Å². The van der Waals surface area contributed by atoms with E-state index in [1.54, 1.807) is 0 Å². The number of hydrogen-bond donors (Lipinski definition) is 1. The van der Waals surface area contributed by atoms with Crippen LogP contribution >= 0.6 is 11.6 Å². The minimum atomic E-state index is 0.740. The van der Waals surface area contributed by atoms with Crippen LogP contribution in [0.2, 0.25) is 5.02 Å². The Bertz CT molecular complexity index is 392. The molecule has 1 aliphatic rings. The van der Waals surface area contributed by atoms with Gasteiger partial charge in [0.25, 0.3) is 0 Å². The predicted molar refractivity (Wildman–Crippen MR) is 82.5 cm³/mol. The molecule has 0 amide bonds. The van der Waals surface area contributed by atoms with Crippen LogP contribution in [0.25, 0.3) is 0 Å². The molecule has 1 N–H and O–H groups in total. The lowest BCUT2D eigenvalue weighted by molar-refractivity contribution is 0.313. The number of nitrogens with zero attached hydrogens (tertiary/aromatic N) is 1. The summed E-state index contributed by atoms with van der Waals surface area (Å²) in [6.45, 7) is 10.2. The maximum absolute atomic E-state index is 6.03. The first-order chi connectivity index (χ1) is 9.13. The van der Waals surface area contributed by atoms with Gasteiger partial charge in [-0.05, 0) is 55.6 Å². The first-order valence-electron chi connectivity index (χ1n) is 7.31. The molecule has 19 heavy (non-hydrogen) atoms. The molecule has 2 nitrogen and oxygen atoms in total. The summed E-state index contributed by atoms with van der Waals surface area (Å²) in [5.41, 5.74) is 1.32. The van der Waals surface area contributed by atoms with E-state index in [0.717, 1.165) is 36.5 Å². The van der Waals surface area contributed by atoms with Gasteiger partial charge in [0, 0.05) is 18.1 Å². The second-order valence-electron chi connectivity index (χ2n) is 6.07. The van der Waals surface area contributed by atoms with Gasteiger partial charge in [0.15, 0.2) is 0 Å². The fourth-order valence-electron chi connectivity index (χ4n) is 2.69. The van der Waals surface area contributed by atoms with E-state index in [2.05, 4.69) is 36.2 Å². The number of likely N-dealkylation sites (tertiary alicyclic amines) is 1. The topological polar surface area (TPSA) is 15.3 Å². The molecule has 1 heterocycles. The average molecular weight is 281 g/mol.